The normalized spacial score (nSPS) is 25.3. The van der Waals surface area contributed by atoms with Gasteiger partial charge in [-0.25, -0.2) is 0 Å². The van der Waals surface area contributed by atoms with Gasteiger partial charge in [-0.2, -0.15) is 39.5 Å². The molecule has 2 aliphatic carbocycles. The Balaban J connectivity index is 1.31. The molecule has 0 bridgehead atoms. The maximum atomic E-state index is 15.7. The lowest BCUT2D eigenvalue weighted by Crippen LogP contribution is -2.65. The van der Waals surface area contributed by atoms with Gasteiger partial charge in [0.15, 0.2) is 0 Å². The van der Waals surface area contributed by atoms with Crippen molar-refractivity contribution in [2.24, 2.45) is 11.8 Å². The molecule has 12 amide bonds. The number of morpholine rings is 1. The van der Waals surface area contributed by atoms with E-state index in [4.69, 9.17) is 16.3 Å². The van der Waals surface area contributed by atoms with Crippen molar-refractivity contribution >= 4 is 82.5 Å². The molecule has 1 spiro atoms. The van der Waals surface area contributed by atoms with E-state index in [1.165, 1.54) is 35.7 Å². The summed E-state index contributed by atoms with van der Waals surface area (Å²) in [5.41, 5.74) is -3.68. The fraction of sp³-hybridized carbons (Fsp3) is 0.662. The average Bonchev–Trinajstić information content (AvgIpc) is 1.61. The van der Waals surface area contributed by atoms with E-state index in [2.05, 4.69) is 16.0 Å². The van der Waals surface area contributed by atoms with E-state index >= 15 is 19.2 Å². The van der Waals surface area contributed by atoms with Crippen LogP contribution in [-0.4, -0.2) is 271 Å². The van der Waals surface area contributed by atoms with Crippen LogP contribution in [0.15, 0.2) is 42.5 Å². The molecule has 106 heavy (non-hydrogen) atoms. The monoisotopic (exact) mass is 1530 g/mol. The van der Waals surface area contributed by atoms with Crippen molar-refractivity contribution in [2.45, 2.75) is 189 Å². The van der Waals surface area contributed by atoms with Gasteiger partial charge in [0, 0.05) is 75.4 Å². The van der Waals surface area contributed by atoms with Crippen LogP contribution in [0.1, 0.15) is 132 Å². The van der Waals surface area contributed by atoms with E-state index in [1.807, 2.05) is 0 Å². The molecule has 0 aromatic heterocycles. The summed E-state index contributed by atoms with van der Waals surface area (Å²) in [4.78, 5) is 186. The minimum atomic E-state index is -5.16. The Labute approximate surface area is 614 Å². The zero-order valence-electron chi connectivity index (χ0n) is 61.0. The number of nitrogens with one attached hydrogen (secondary N) is 3. The minimum absolute atomic E-state index is 0.0119. The third-order valence-electron chi connectivity index (χ3n) is 21.2. The van der Waals surface area contributed by atoms with Crippen LogP contribution in [0.2, 0.25) is 5.02 Å². The van der Waals surface area contributed by atoms with Gasteiger partial charge in [-0.3, -0.25) is 57.5 Å². The fourth-order valence-electron chi connectivity index (χ4n) is 14.5. The summed E-state index contributed by atoms with van der Waals surface area (Å²) in [5, 5.41) is 7.24. The van der Waals surface area contributed by atoms with E-state index in [-0.39, 0.29) is 88.9 Å². The molecule has 3 N–H and O–H groups in total. The Morgan fingerprint density at radius 1 is 0.613 bits per heavy atom. The average molecular weight is 1530 g/mol. The van der Waals surface area contributed by atoms with Crippen LogP contribution >= 0.6 is 11.6 Å². The van der Waals surface area contributed by atoms with Crippen molar-refractivity contribution in [3.8, 4) is 0 Å². The molecule has 3 saturated heterocycles. The number of carbonyl (C=O) groups is 12. The molecule has 7 rings (SSSR count). The first-order valence-corrected chi connectivity index (χ1v) is 35.9. The van der Waals surface area contributed by atoms with Crippen LogP contribution in [0, 0.1) is 11.8 Å². The summed E-state index contributed by atoms with van der Waals surface area (Å²) in [6.07, 6.45) is -14.9. The molecule has 2 saturated carbocycles. The summed E-state index contributed by atoms with van der Waals surface area (Å²) in [5.74, 6) is -13.2. The zero-order valence-corrected chi connectivity index (χ0v) is 61.8. The number of alkyl halides is 9. The molecule has 35 heteroatoms. The van der Waals surface area contributed by atoms with E-state index < -0.39 is 204 Å². The largest absolute Gasteiger partial charge is 0.417 e. The molecule has 2 aromatic rings. The number of aryl methyl sites for hydroxylation is 1. The van der Waals surface area contributed by atoms with Gasteiger partial charge in [0.2, 0.25) is 70.9 Å². The second kappa shape index (κ2) is 36.1. The summed E-state index contributed by atoms with van der Waals surface area (Å²) in [7, 11) is 8.01. The highest BCUT2D eigenvalue weighted by Crippen LogP contribution is 2.39. The quantitative estimate of drug-likeness (QED) is 0.249. The van der Waals surface area contributed by atoms with Crippen LogP contribution in [0.3, 0.4) is 0 Å². The summed E-state index contributed by atoms with van der Waals surface area (Å²) < 4.78 is 133. The lowest BCUT2D eigenvalue weighted by molar-refractivity contribution is -0.164. The smallest absolute Gasteiger partial charge is 0.378 e. The number of ether oxygens (including phenoxy) is 1. The zero-order chi connectivity index (χ0) is 78.7. The predicted octanol–water partition coefficient (Wildman–Crippen LogP) is 5.47. The molecule has 5 aliphatic rings. The number of carbonyl (C=O) groups excluding carboxylic acids is 12. The third-order valence-corrected chi connectivity index (χ3v) is 21.5. The van der Waals surface area contributed by atoms with Crippen LogP contribution in [0.4, 0.5) is 39.5 Å². The Morgan fingerprint density at radius 3 is 1.79 bits per heavy atom. The predicted molar refractivity (Wildman–Crippen MR) is 366 cm³/mol. The number of nitrogens with zero attached hydrogens (tertiary/aromatic N) is 9. The molecule has 3 heterocycles. The van der Waals surface area contributed by atoms with Gasteiger partial charge >= 0.3 is 18.5 Å². The molecule has 5 fully saturated rings. The number of hydrogen-bond donors (Lipinski definition) is 3. The van der Waals surface area contributed by atoms with E-state index in [1.54, 1.807) is 6.92 Å². The molecular formula is C71H96ClF9N12O13. The first-order chi connectivity index (χ1) is 49.6. The lowest BCUT2D eigenvalue weighted by atomic mass is 9.81. The van der Waals surface area contributed by atoms with E-state index in [0.717, 1.165) is 109 Å². The molecule has 8 atom stereocenters. The van der Waals surface area contributed by atoms with Crippen LogP contribution in [-0.2, 0) is 87.5 Å². The first kappa shape index (κ1) is 85.0. The Bertz CT molecular complexity index is 3530. The topological polar surface area (TPSA) is 279 Å². The summed E-state index contributed by atoms with van der Waals surface area (Å²) in [6, 6.07) is -5.42. The first-order valence-electron chi connectivity index (χ1n) is 35.6. The minimum Gasteiger partial charge on any atom is -0.378 e. The van der Waals surface area contributed by atoms with Gasteiger partial charge in [-0.05, 0) is 98.6 Å². The fourth-order valence-corrected chi connectivity index (χ4v) is 14.8. The summed E-state index contributed by atoms with van der Waals surface area (Å²) >= 11 is 6.11. The molecule has 3 aliphatic heterocycles. The lowest BCUT2D eigenvalue weighted by Gasteiger charge is -2.43. The highest BCUT2D eigenvalue weighted by Gasteiger charge is 2.52. The van der Waals surface area contributed by atoms with E-state index in [9.17, 15) is 77.9 Å². The molecule has 0 radical (unpaired) electrons. The van der Waals surface area contributed by atoms with Gasteiger partial charge < -0.3 is 64.8 Å². The second-order valence-corrected chi connectivity index (χ2v) is 29.0. The van der Waals surface area contributed by atoms with Gasteiger partial charge in [0.05, 0.1) is 61.8 Å². The van der Waals surface area contributed by atoms with Gasteiger partial charge in [0.25, 0.3) is 0 Å². The van der Waals surface area contributed by atoms with Crippen molar-refractivity contribution < 1.29 is 102 Å². The number of likely N-dealkylation sites (N-methyl/N-ethyl adjacent to an activating group) is 7. The number of halogens is 10. The molecule has 2 aromatic carbocycles. The van der Waals surface area contributed by atoms with Gasteiger partial charge in [0.1, 0.15) is 47.8 Å². The number of amides is 12. The number of fused-ring (bicyclic) bond motifs is 1. The number of benzene rings is 2. The highest BCUT2D eigenvalue weighted by molar-refractivity contribution is 6.31. The van der Waals surface area contributed by atoms with Crippen LogP contribution in [0.5, 0.6) is 0 Å². The van der Waals surface area contributed by atoms with Crippen molar-refractivity contribution in [3.63, 3.8) is 0 Å². The second-order valence-electron chi connectivity index (χ2n) is 28.6. The van der Waals surface area contributed by atoms with Gasteiger partial charge in [-0.1, -0.05) is 82.2 Å². The van der Waals surface area contributed by atoms with Crippen LogP contribution in [0.25, 0.3) is 0 Å². The molecule has 0 unspecified atom stereocenters. The van der Waals surface area contributed by atoms with Gasteiger partial charge in [-0.15, -0.1) is 0 Å². The maximum Gasteiger partial charge on any atom is 0.417 e. The number of rotatable bonds is 10. The Hall–Kier alpha value is -8.30. The SMILES string of the molecule is CC[C@H](C)[C@@H]1NC(=O)[C@H](CC(F)(F)F)N(C)C(=O)C[C@@H](C(=O)N2CCOCC2)N(C)C(=O)[C@H](C2CCCCC2)N(C)C(=O)C2(CCCC2)NC(=O)[C@@H]2CCCN2C(=O)[C@H](CCc2ccc(C(F)(F)F)c(Cl)c2)NC(=O)CN(C)C(=O)[C@H](Cc2ccc(C(F)(F)F)cc2)N(C)C(=O)CN(C)C(=O)CN(C)C1=O. The van der Waals surface area contributed by atoms with Crippen molar-refractivity contribution in [3.05, 3.63) is 69.7 Å². The Morgan fingerprint density at radius 2 is 1.21 bits per heavy atom. The maximum absolute atomic E-state index is 15.7. The van der Waals surface area contributed by atoms with Crippen LogP contribution < -0.4 is 16.0 Å². The number of hydrogen-bond acceptors (Lipinski definition) is 13. The highest BCUT2D eigenvalue weighted by atomic mass is 35.5. The third kappa shape index (κ3) is 21.3. The molecule has 25 nitrogen and oxygen atoms in total. The van der Waals surface area contributed by atoms with Crippen molar-refractivity contribution in [2.75, 3.05) is 102 Å². The van der Waals surface area contributed by atoms with Crippen molar-refractivity contribution in [1.29, 1.82) is 0 Å². The van der Waals surface area contributed by atoms with E-state index in [0.29, 0.717) is 43.4 Å². The summed E-state index contributed by atoms with van der Waals surface area (Å²) in [6.45, 7) is 0.423. The molecule has 588 valence electrons. The standard InChI is InChI=1S/C71H96ClF9N12O13/c1-10-42(2)58-65(103)87(5)40-56(96)85(3)41-57(97)88(6)51(36-44-20-24-46(25-21-44)70(76,77)78)63(101)86(4)39-54(94)82-49(27-23-43-22-26-47(48(72)35-43)71(79,80)81)62(100)93-30-16-19-50(93)61(99)84-68(28-14-15-29-68)67(105)91(9)59(45-17-12-11-13-18-45)66(104)90(8)52(64(102)92-31-33-106-34-32-92)37-55(95)89(7)53(60(98)83-58)38-69(73,74)75/h20-22,24-26,35,42,45,49-53,58-59H,10-19,23,27-34,36-41H2,1-9H3,(H,82,94)(H,83,98)(H,84,99)/t42-,49-,50-,51-,52-,53-,58-,59-/m0/s1. The molecular weight excluding hydrogens is 1440 g/mol. The van der Waals surface area contributed by atoms with Crippen molar-refractivity contribution in [1.82, 2.24) is 60.0 Å². The Kier molecular flexibility index (Phi) is 28.9.